The van der Waals surface area contributed by atoms with Gasteiger partial charge in [-0.3, -0.25) is 19.3 Å². The number of rotatable bonds is 9. The monoisotopic (exact) mass is 560 g/mol. The third kappa shape index (κ3) is 5.51. The highest BCUT2D eigenvalue weighted by Gasteiger charge is 2.47. The molecule has 12 heteroatoms. The van der Waals surface area contributed by atoms with E-state index in [-0.39, 0.29) is 37.6 Å². The van der Waals surface area contributed by atoms with Crippen molar-refractivity contribution in [3.05, 3.63) is 55.5 Å². The Bertz CT molecular complexity index is 1160. The van der Waals surface area contributed by atoms with Crippen LogP contribution in [0.3, 0.4) is 0 Å². The molecule has 0 aliphatic carbocycles. The molecular formula is C23H20Cl4N2O6. The van der Waals surface area contributed by atoms with Gasteiger partial charge in [0.2, 0.25) is 0 Å². The predicted octanol–water partition coefficient (Wildman–Crippen LogP) is 5.65. The van der Waals surface area contributed by atoms with E-state index in [1.54, 1.807) is 24.3 Å². The summed E-state index contributed by atoms with van der Waals surface area (Å²) in [5.41, 5.74) is -0.0337. The fourth-order valence-corrected chi connectivity index (χ4v) is 4.54. The van der Waals surface area contributed by atoms with Crippen LogP contribution < -0.4 is 10.1 Å². The van der Waals surface area contributed by atoms with Gasteiger partial charge in [-0.15, -0.1) is 0 Å². The molecule has 1 atom stereocenters. The van der Waals surface area contributed by atoms with Crippen LogP contribution in [-0.2, 0) is 14.3 Å². The molecule has 3 amide bonds. The fourth-order valence-electron chi connectivity index (χ4n) is 3.53. The summed E-state index contributed by atoms with van der Waals surface area (Å²) in [4.78, 5) is 52.3. The Morgan fingerprint density at radius 2 is 1.60 bits per heavy atom. The highest BCUT2D eigenvalue weighted by atomic mass is 35.5. The van der Waals surface area contributed by atoms with Crippen molar-refractivity contribution in [3.63, 3.8) is 0 Å². The number of ether oxygens (including phenoxy) is 2. The average molecular weight is 562 g/mol. The molecule has 1 aliphatic rings. The van der Waals surface area contributed by atoms with Gasteiger partial charge in [0.25, 0.3) is 17.7 Å². The number of hydrogen-bond acceptors (Lipinski definition) is 6. The van der Waals surface area contributed by atoms with Crippen molar-refractivity contribution in [3.8, 4) is 5.75 Å². The Labute approximate surface area is 221 Å². The Morgan fingerprint density at radius 3 is 2.14 bits per heavy atom. The van der Waals surface area contributed by atoms with Gasteiger partial charge in [0.05, 0.1) is 38.3 Å². The molecule has 8 nitrogen and oxygen atoms in total. The van der Waals surface area contributed by atoms with Crippen molar-refractivity contribution in [2.75, 3.05) is 19.0 Å². The Hall–Kier alpha value is -2.52. The summed E-state index contributed by atoms with van der Waals surface area (Å²) < 4.78 is 10.3. The summed E-state index contributed by atoms with van der Waals surface area (Å²) in [6.07, 6.45) is 1.27. The van der Waals surface area contributed by atoms with Crippen molar-refractivity contribution in [2.24, 2.45) is 0 Å². The average Bonchev–Trinajstić information content (AvgIpc) is 3.10. The van der Waals surface area contributed by atoms with Crippen molar-refractivity contribution in [1.29, 1.82) is 0 Å². The van der Waals surface area contributed by atoms with E-state index >= 15 is 0 Å². The first-order chi connectivity index (χ1) is 16.6. The highest BCUT2D eigenvalue weighted by Crippen LogP contribution is 2.45. The molecule has 0 spiro atoms. The van der Waals surface area contributed by atoms with Gasteiger partial charge in [0.1, 0.15) is 11.8 Å². The number of benzene rings is 2. The lowest BCUT2D eigenvalue weighted by molar-refractivity contribution is -0.151. The molecule has 3 rings (SSSR count). The number of amides is 3. The number of esters is 1. The second kappa shape index (κ2) is 11.5. The van der Waals surface area contributed by atoms with E-state index in [9.17, 15) is 19.2 Å². The maximum atomic E-state index is 13.2. The molecule has 186 valence electrons. The van der Waals surface area contributed by atoms with E-state index in [2.05, 4.69) is 5.32 Å². The number of hydrogen-bond donors (Lipinski definition) is 1. The molecule has 2 aromatic carbocycles. The number of anilines is 1. The Morgan fingerprint density at radius 1 is 1.00 bits per heavy atom. The lowest BCUT2D eigenvalue weighted by atomic mass is 10.1. The molecule has 0 radical (unpaired) electrons. The second-order valence-electron chi connectivity index (χ2n) is 7.53. The van der Waals surface area contributed by atoms with Gasteiger partial charge >= 0.3 is 5.97 Å². The summed E-state index contributed by atoms with van der Waals surface area (Å²) in [6, 6.07) is 5.30. The van der Waals surface area contributed by atoms with Crippen molar-refractivity contribution >= 4 is 75.8 Å². The molecular weight excluding hydrogens is 542 g/mol. The van der Waals surface area contributed by atoms with Gasteiger partial charge in [-0.25, -0.2) is 4.79 Å². The van der Waals surface area contributed by atoms with E-state index < -0.39 is 36.3 Å². The van der Waals surface area contributed by atoms with E-state index in [1.807, 2.05) is 6.92 Å². The highest BCUT2D eigenvalue weighted by molar-refractivity contribution is 6.55. The van der Waals surface area contributed by atoms with Gasteiger partial charge in [-0.1, -0.05) is 72.2 Å². The van der Waals surface area contributed by atoms with Gasteiger partial charge in [-0.2, -0.15) is 0 Å². The van der Waals surface area contributed by atoms with Crippen LogP contribution >= 0.6 is 46.4 Å². The molecule has 0 unspecified atom stereocenters. The Balaban J connectivity index is 1.79. The van der Waals surface area contributed by atoms with E-state index in [1.165, 1.54) is 7.11 Å². The lowest BCUT2D eigenvalue weighted by Gasteiger charge is -2.24. The molecule has 1 aliphatic heterocycles. The SMILES string of the molecule is CCCC[C@H](C(=O)OCC(=O)Nc1cccc(OC)c1)N1C(=O)c2c(Cl)c(Cl)c(Cl)c(Cl)c2C1=O. The standard InChI is InChI=1S/C23H20Cl4N2O6/c1-3-4-8-13(23(33)35-10-14(30)28-11-6-5-7-12(9-11)34-2)29-21(31)15-16(22(29)32)18(25)20(27)19(26)17(15)24/h5-7,9,13H,3-4,8,10H2,1-2H3,(H,28,30)/t13-/m1/s1. The van der Waals surface area contributed by atoms with Crippen LogP contribution in [0.15, 0.2) is 24.3 Å². The van der Waals surface area contributed by atoms with E-state index in [0.29, 0.717) is 24.3 Å². The van der Waals surface area contributed by atoms with Crippen LogP contribution in [0.5, 0.6) is 5.75 Å². The second-order valence-corrected chi connectivity index (χ2v) is 9.04. The van der Waals surface area contributed by atoms with Crippen LogP contribution in [-0.4, -0.2) is 48.3 Å². The lowest BCUT2D eigenvalue weighted by Crippen LogP contribution is -2.46. The maximum Gasteiger partial charge on any atom is 0.329 e. The first kappa shape index (κ1) is 27.1. The molecule has 0 saturated carbocycles. The minimum Gasteiger partial charge on any atom is -0.497 e. The van der Waals surface area contributed by atoms with Gasteiger partial charge in [-0.05, 0) is 18.6 Å². The van der Waals surface area contributed by atoms with Crippen LogP contribution in [0.2, 0.25) is 20.1 Å². The number of carbonyl (C=O) groups excluding carboxylic acids is 4. The zero-order valence-corrected chi connectivity index (χ0v) is 21.6. The largest absolute Gasteiger partial charge is 0.497 e. The van der Waals surface area contributed by atoms with Crippen molar-refractivity contribution in [1.82, 2.24) is 4.90 Å². The number of nitrogens with zero attached hydrogens (tertiary/aromatic N) is 1. The smallest absolute Gasteiger partial charge is 0.329 e. The van der Waals surface area contributed by atoms with Gasteiger partial charge < -0.3 is 14.8 Å². The number of imide groups is 1. The number of methoxy groups -OCH3 is 1. The number of carbonyl (C=O) groups is 4. The summed E-state index contributed by atoms with van der Waals surface area (Å²) in [6.45, 7) is 1.24. The number of unbranched alkanes of at least 4 members (excludes halogenated alkanes) is 1. The third-order valence-electron chi connectivity index (χ3n) is 5.25. The molecule has 1 heterocycles. The molecule has 0 bridgehead atoms. The van der Waals surface area contributed by atoms with Crippen LogP contribution in [0.25, 0.3) is 0 Å². The fraction of sp³-hybridized carbons (Fsp3) is 0.304. The molecule has 2 aromatic rings. The molecule has 0 saturated heterocycles. The third-order valence-corrected chi connectivity index (χ3v) is 7.05. The minimum atomic E-state index is -1.31. The van der Waals surface area contributed by atoms with Crippen molar-refractivity contribution in [2.45, 2.75) is 32.2 Å². The summed E-state index contributed by atoms with van der Waals surface area (Å²) in [7, 11) is 1.49. The zero-order chi connectivity index (χ0) is 25.9. The first-order valence-electron chi connectivity index (χ1n) is 10.5. The summed E-state index contributed by atoms with van der Waals surface area (Å²) >= 11 is 24.5. The molecule has 0 aromatic heterocycles. The van der Waals surface area contributed by atoms with Crippen LogP contribution in [0.1, 0.15) is 46.9 Å². The minimum absolute atomic E-state index is 0.106. The maximum absolute atomic E-state index is 13.2. The zero-order valence-electron chi connectivity index (χ0n) is 18.6. The van der Waals surface area contributed by atoms with Crippen molar-refractivity contribution < 1.29 is 28.7 Å². The number of nitrogens with one attached hydrogen (secondary N) is 1. The van der Waals surface area contributed by atoms with E-state index in [4.69, 9.17) is 55.9 Å². The predicted molar refractivity (Wildman–Crippen MR) is 133 cm³/mol. The molecule has 1 N–H and O–H groups in total. The van der Waals surface area contributed by atoms with Gasteiger partial charge in [0, 0.05) is 11.8 Å². The van der Waals surface area contributed by atoms with Crippen LogP contribution in [0, 0.1) is 0 Å². The van der Waals surface area contributed by atoms with E-state index in [0.717, 1.165) is 4.90 Å². The first-order valence-corrected chi connectivity index (χ1v) is 12.0. The number of fused-ring (bicyclic) bond motifs is 1. The molecule has 35 heavy (non-hydrogen) atoms. The normalized spacial score (nSPS) is 13.5. The summed E-state index contributed by atoms with van der Waals surface area (Å²) in [5.74, 6) is -2.72. The number of halogens is 4. The van der Waals surface area contributed by atoms with Crippen LogP contribution in [0.4, 0.5) is 5.69 Å². The molecule has 0 fully saturated rings. The topological polar surface area (TPSA) is 102 Å². The quantitative estimate of drug-likeness (QED) is 0.184. The van der Waals surface area contributed by atoms with Gasteiger partial charge in [0.15, 0.2) is 6.61 Å². The summed E-state index contributed by atoms with van der Waals surface area (Å²) in [5, 5.41) is 1.74. The Kier molecular flexibility index (Phi) is 8.88.